The Labute approximate surface area is 340 Å². The maximum Gasteiger partial charge on any atom is 0.409 e. The molecule has 2 aliphatic heterocycles. The molecule has 11 heteroatoms. The molecule has 5 aromatic carbocycles. The van der Waals surface area contributed by atoms with Gasteiger partial charge in [-0.15, -0.1) is 0 Å². The number of unbranched alkanes of at least 4 members (excludes halogenated alkanes) is 1. The van der Waals surface area contributed by atoms with E-state index in [1.807, 2.05) is 66.7 Å². The van der Waals surface area contributed by atoms with Crippen LogP contribution in [0.25, 0.3) is 11.1 Å². The number of rotatable bonds is 14. The summed E-state index contributed by atoms with van der Waals surface area (Å²) >= 11 is 0. The number of likely N-dealkylation sites (tertiary alicyclic amines) is 1. The van der Waals surface area contributed by atoms with Gasteiger partial charge in [0.05, 0.1) is 11.7 Å². The number of para-hydroxylation sites is 2. The Kier molecular flexibility index (Phi) is 11.6. The van der Waals surface area contributed by atoms with Gasteiger partial charge >= 0.3 is 6.09 Å². The number of amides is 2. The first-order valence-corrected chi connectivity index (χ1v) is 21.7. The van der Waals surface area contributed by atoms with Crippen molar-refractivity contribution in [2.75, 3.05) is 40.0 Å². The Morgan fingerprint density at radius 1 is 0.776 bits per heavy atom. The number of fused-ring (bicyclic) bond motifs is 5. The second-order valence-electron chi connectivity index (χ2n) is 15.5. The molecule has 3 aliphatic rings. The second-order valence-corrected chi connectivity index (χ2v) is 17.3. The minimum Gasteiger partial charge on any atom is -0.457 e. The predicted molar refractivity (Wildman–Crippen MR) is 223 cm³/mol. The fourth-order valence-electron chi connectivity index (χ4n) is 9.07. The summed E-state index contributed by atoms with van der Waals surface area (Å²) in [6, 6.07) is 40.4. The standard InChI is InChI=1S/C47H49N3O7S/c1-55-26-14-13-25-47(41-21-9-11-23-43(41)57-44-24-12-10-22-42(44)47)32-48-45(51)34-27-35(49-58(53,54)31-33-15-3-2-4-16-33)29-50(28-34)46(52)56-30-40-38-19-7-5-17-36(38)37-18-6-8-20-39(37)40/h2-12,15-24,34-35,40,49H,13-14,25-32H2,1H3,(H,48,51)/t34-,35+/m0/s1. The third-order valence-corrected chi connectivity index (χ3v) is 13.2. The molecule has 1 saturated heterocycles. The number of nitrogens with one attached hydrogen (secondary N) is 2. The van der Waals surface area contributed by atoms with E-state index in [1.54, 1.807) is 31.4 Å². The van der Waals surface area contributed by atoms with Crippen LogP contribution in [0, 0.1) is 5.92 Å². The molecule has 1 aliphatic carbocycles. The number of hydrogen-bond donors (Lipinski definition) is 2. The van der Waals surface area contributed by atoms with Crippen molar-refractivity contribution in [1.29, 1.82) is 0 Å². The first-order valence-electron chi connectivity index (χ1n) is 20.0. The molecule has 2 amide bonds. The molecule has 0 radical (unpaired) electrons. The average Bonchev–Trinajstić information content (AvgIpc) is 3.56. The summed E-state index contributed by atoms with van der Waals surface area (Å²) < 4.78 is 47.7. The quantitative estimate of drug-likeness (QED) is 0.110. The number of piperidine rings is 1. The number of hydrogen-bond acceptors (Lipinski definition) is 7. The Morgan fingerprint density at radius 2 is 1.38 bits per heavy atom. The number of carbonyl (C=O) groups is 2. The summed E-state index contributed by atoms with van der Waals surface area (Å²) in [5, 5.41) is 3.29. The molecule has 0 spiro atoms. The number of methoxy groups -OCH3 is 1. The molecule has 0 aromatic heterocycles. The van der Waals surface area contributed by atoms with Crippen molar-refractivity contribution < 1.29 is 32.2 Å². The fourth-order valence-corrected chi connectivity index (χ4v) is 10.5. The first kappa shape index (κ1) is 39.3. The van der Waals surface area contributed by atoms with Crippen molar-refractivity contribution in [3.05, 3.63) is 155 Å². The maximum atomic E-state index is 14.5. The molecule has 5 aromatic rings. The van der Waals surface area contributed by atoms with Gasteiger partial charge in [-0.25, -0.2) is 17.9 Å². The number of benzene rings is 5. The lowest BCUT2D eigenvalue weighted by Gasteiger charge is -2.41. The Hall–Kier alpha value is -5.49. The van der Waals surface area contributed by atoms with Gasteiger partial charge in [-0.1, -0.05) is 115 Å². The predicted octanol–water partition coefficient (Wildman–Crippen LogP) is 7.77. The monoisotopic (exact) mass is 799 g/mol. The third kappa shape index (κ3) is 8.25. The fraction of sp³-hybridized carbons (Fsp3) is 0.319. The number of ether oxygens (including phenoxy) is 3. The zero-order valence-electron chi connectivity index (χ0n) is 32.6. The molecule has 2 atom stereocenters. The maximum absolute atomic E-state index is 14.5. The van der Waals surface area contributed by atoms with Crippen molar-refractivity contribution in [1.82, 2.24) is 14.9 Å². The van der Waals surface area contributed by atoms with Gasteiger partial charge in [0.25, 0.3) is 0 Å². The van der Waals surface area contributed by atoms with E-state index in [9.17, 15) is 18.0 Å². The molecular weight excluding hydrogens is 751 g/mol. The van der Waals surface area contributed by atoms with Gasteiger partial charge in [0.2, 0.25) is 15.9 Å². The van der Waals surface area contributed by atoms with Crippen LogP contribution >= 0.6 is 0 Å². The van der Waals surface area contributed by atoms with Gasteiger partial charge in [-0.2, -0.15) is 0 Å². The van der Waals surface area contributed by atoms with Gasteiger partial charge in [-0.3, -0.25) is 4.79 Å². The Balaban J connectivity index is 1.04. The molecule has 10 nitrogen and oxygen atoms in total. The van der Waals surface area contributed by atoms with E-state index in [1.165, 1.54) is 4.90 Å². The molecule has 2 N–H and O–H groups in total. The molecule has 0 unspecified atom stereocenters. The third-order valence-electron chi connectivity index (χ3n) is 11.8. The number of carbonyl (C=O) groups excluding carboxylic acids is 2. The topological polar surface area (TPSA) is 123 Å². The minimum atomic E-state index is -3.83. The highest BCUT2D eigenvalue weighted by Gasteiger charge is 2.43. The van der Waals surface area contributed by atoms with Gasteiger partial charge in [0, 0.05) is 61.9 Å². The average molecular weight is 800 g/mol. The summed E-state index contributed by atoms with van der Waals surface area (Å²) in [4.78, 5) is 30.0. The smallest absolute Gasteiger partial charge is 0.409 e. The molecule has 8 rings (SSSR count). The Morgan fingerprint density at radius 3 is 2.03 bits per heavy atom. The van der Waals surface area contributed by atoms with Gasteiger partial charge in [0.15, 0.2) is 0 Å². The molecule has 1 fully saturated rings. The largest absolute Gasteiger partial charge is 0.457 e. The van der Waals surface area contributed by atoms with Crippen LogP contribution in [0.2, 0.25) is 0 Å². The van der Waals surface area contributed by atoms with Crippen molar-refractivity contribution >= 4 is 22.0 Å². The summed E-state index contributed by atoms with van der Waals surface area (Å²) in [6.07, 6.45) is 2.04. The van der Waals surface area contributed by atoms with Crippen LogP contribution in [0.1, 0.15) is 59.4 Å². The highest BCUT2D eigenvalue weighted by atomic mass is 32.2. The lowest BCUT2D eigenvalue weighted by molar-refractivity contribution is -0.127. The van der Waals surface area contributed by atoms with Crippen molar-refractivity contribution in [2.45, 2.75) is 48.8 Å². The van der Waals surface area contributed by atoms with E-state index in [0.717, 1.165) is 64.1 Å². The van der Waals surface area contributed by atoms with Crippen LogP contribution in [0.4, 0.5) is 4.79 Å². The molecule has 2 heterocycles. The first-order chi connectivity index (χ1) is 28.2. The summed E-state index contributed by atoms with van der Waals surface area (Å²) in [7, 11) is -2.14. The molecule has 0 saturated carbocycles. The Bertz CT molecular complexity index is 2280. The minimum absolute atomic E-state index is 0.0655. The van der Waals surface area contributed by atoms with Crippen molar-refractivity contribution in [3.8, 4) is 22.6 Å². The molecule has 58 heavy (non-hydrogen) atoms. The van der Waals surface area contributed by atoms with E-state index in [4.69, 9.17) is 14.2 Å². The lowest BCUT2D eigenvalue weighted by atomic mass is 9.69. The lowest BCUT2D eigenvalue weighted by Crippen LogP contribution is -2.56. The van der Waals surface area contributed by atoms with E-state index in [2.05, 4.69) is 46.4 Å². The summed E-state index contributed by atoms with van der Waals surface area (Å²) in [5.41, 5.74) is 6.43. The van der Waals surface area contributed by atoms with Crippen LogP contribution in [-0.2, 0) is 35.5 Å². The van der Waals surface area contributed by atoms with Crippen LogP contribution in [0.5, 0.6) is 11.5 Å². The summed E-state index contributed by atoms with van der Waals surface area (Å²) in [5.74, 6) is 0.142. The summed E-state index contributed by atoms with van der Waals surface area (Å²) in [6.45, 7) is 1.16. The molecular formula is C47H49N3O7S. The second kappa shape index (κ2) is 17.2. The van der Waals surface area contributed by atoms with Crippen LogP contribution in [-0.4, -0.2) is 71.3 Å². The highest BCUT2D eigenvalue weighted by Crippen LogP contribution is 2.50. The molecule has 0 bridgehead atoms. The van der Waals surface area contributed by atoms with E-state index < -0.39 is 33.5 Å². The van der Waals surface area contributed by atoms with Crippen LogP contribution in [0.15, 0.2) is 127 Å². The van der Waals surface area contributed by atoms with Crippen LogP contribution in [0.3, 0.4) is 0 Å². The van der Waals surface area contributed by atoms with Crippen molar-refractivity contribution in [2.24, 2.45) is 5.92 Å². The van der Waals surface area contributed by atoms with E-state index in [-0.39, 0.29) is 50.2 Å². The molecule has 300 valence electrons. The normalized spacial score (nSPS) is 17.9. The van der Waals surface area contributed by atoms with Crippen LogP contribution < -0.4 is 14.8 Å². The van der Waals surface area contributed by atoms with E-state index in [0.29, 0.717) is 12.2 Å². The SMILES string of the molecule is COCCCCC1(CNC(=O)[C@H]2C[C@@H](NS(=O)(=O)Cc3ccccc3)CN(C(=O)OCC3c4ccccc4-c4ccccc43)C2)c2ccccc2Oc2ccccc21. The zero-order chi connectivity index (χ0) is 40.1. The van der Waals surface area contributed by atoms with E-state index >= 15 is 0 Å². The number of sulfonamides is 1. The van der Waals surface area contributed by atoms with Gasteiger partial charge in [-0.05, 0) is 65.6 Å². The van der Waals surface area contributed by atoms with Gasteiger partial charge in [0.1, 0.15) is 18.1 Å². The van der Waals surface area contributed by atoms with Gasteiger partial charge < -0.3 is 24.4 Å². The van der Waals surface area contributed by atoms with Crippen molar-refractivity contribution in [3.63, 3.8) is 0 Å². The number of nitrogens with zero attached hydrogens (tertiary/aromatic N) is 1. The highest BCUT2D eigenvalue weighted by molar-refractivity contribution is 7.88. The zero-order valence-corrected chi connectivity index (χ0v) is 33.5.